The Hall–Kier alpha value is -1.14. The first-order valence-corrected chi connectivity index (χ1v) is 8.17. The summed E-state index contributed by atoms with van der Waals surface area (Å²) in [4.78, 5) is 13.4. The minimum atomic E-state index is -0.771. The predicted octanol–water partition coefficient (Wildman–Crippen LogP) is 2.46. The fourth-order valence-corrected chi connectivity index (χ4v) is 2.94. The Morgan fingerprint density at radius 3 is 2.91 bits per heavy atom. The Labute approximate surface area is 136 Å². The van der Waals surface area contributed by atoms with Crippen molar-refractivity contribution < 1.29 is 9.53 Å². The van der Waals surface area contributed by atoms with Crippen LogP contribution in [-0.2, 0) is 4.74 Å². The molecule has 0 aliphatic carbocycles. The average molecular weight is 326 g/mol. The second kappa shape index (κ2) is 9.10. The van der Waals surface area contributed by atoms with E-state index < -0.39 is 11.7 Å². The molecule has 5 nitrogen and oxygen atoms in total. The molecule has 6 heteroatoms. The number of nitrogens with zero attached hydrogens (tertiary/aromatic N) is 1. The third kappa shape index (κ3) is 5.25. The smallest absolute Gasteiger partial charge is 0.405 e. The van der Waals surface area contributed by atoms with E-state index in [2.05, 4.69) is 10.2 Å². The molecule has 0 aromatic heterocycles. The largest absolute Gasteiger partial charge is 0.430 e. The zero-order valence-electron chi connectivity index (χ0n) is 12.7. The Balaban J connectivity index is 2.02. The van der Waals surface area contributed by atoms with E-state index in [-0.39, 0.29) is 0 Å². The highest BCUT2D eigenvalue weighted by molar-refractivity contribution is 6.61. The molecule has 22 heavy (non-hydrogen) atoms. The highest BCUT2D eigenvalue weighted by Crippen LogP contribution is 2.26. The molecule has 0 saturated carbocycles. The zero-order valence-corrected chi connectivity index (χ0v) is 13.5. The Morgan fingerprint density at radius 1 is 1.45 bits per heavy atom. The van der Waals surface area contributed by atoms with Gasteiger partial charge in [-0.3, -0.25) is 4.90 Å². The number of nitrogens with two attached hydrogens (primary N) is 1. The summed E-state index contributed by atoms with van der Waals surface area (Å²) in [5.74, 6) is 0. The number of hydrogen-bond acceptors (Lipinski definition) is 5. The van der Waals surface area contributed by atoms with Gasteiger partial charge < -0.3 is 15.8 Å². The number of hydrogen-bond donors (Lipinski definition) is 2. The van der Waals surface area contributed by atoms with Gasteiger partial charge >= 0.3 is 5.43 Å². The van der Waals surface area contributed by atoms with Crippen molar-refractivity contribution in [3.8, 4) is 0 Å². The van der Waals surface area contributed by atoms with Crippen LogP contribution in [0.15, 0.2) is 30.3 Å². The molecule has 0 spiro atoms. The van der Waals surface area contributed by atoms with Crippen molar-refractivity contribution in [1.82, 2.24) is 10.2 Å². The maximum atomic E-state index is 11.2. The van der Waals surface area contributed by atoms with Gasteiger partial charge in [-0.2, -0.15) is 0 Å². The highest BCUT2D eigenvalue weighted by Gasteiger charge is 2.28. The van der Waals surface area contributed by atoms with Crippen molar-refractivity contribution in [2.75, 3.05) is 26.2 Å². The number of nitrogens with one attached hydrogen (secondary N) is 1. The molecule has 1 heterocycles. The highest BCUT2D eigenvalue weighted by atomic mass is 35.5. The van der Waals surface area contributed by atoms with E-state index >= 15 is 0 Å². The summed E-state index contributed by atoms with van der Waals surface area (Å²) in [5, 5.41) is 3.52. The normalized spacial score (nSPS) is 20.5. The number of ether oxygens (including phenoxy) is 1. The molecule has 2 atom stereocenters. The summed E-state index contributed by atoms with van der Waals surface area (Å²) in [6, 6.07) is 10.1. The van der Waals surface area contributed by atoms with Crippen LogP contribution in [0.25, 0.3) is 0 Å². The quantitative estimate of drug-likeness (QED) is 0.595. The Bertz CT molecular complexity index is 458. The molecule has 1 fully saturated rings. The number of carbonyl (C=O) groups is 1. The van der Waals surface area contributed by atoms with E-state index in [1.807, 2.05) is 30.3 Å². The number of rotatable bonds is 7. The van der Waals surface area contributed by atoms with Crippen LogP contribution in [0.4, 0.5) is 4.79 Å². The lowest BCUT2D eigenvalue weighted by molar-refractivity contribution is -0.0216. The molecule has 3 N–H and O–H groups in total. The molecule has 1 saturated heterocycles. The lowest BCUT2D eigenvalue weighted by atomic mass is 10.0. The van der Waals surface area contributed by atoms with Crippen molar-refractivity contribution >= 4 is 17.0 Å². The van der Waals surface area contributed by atoms with E-state index in [4.69, 9.17) is 22.1 Å². The summed E-state index contributed by atoms with van der Waals surface area (Å²) in [5.41, 5.74) is 5.70. The molecule has 1 aliphatic rings. The van der Waals surface area contributed by atoms with Crippen molar-refractivity contribution in [3.05, 3.63) is 35.9 Å². The van der Waals surface area contributed by atoms with Crippen LogP contribution in [0, 0.1) is 0 Å². The fourth-order valence-electron chi connectivity index (χ4n) is 2.85. The predicted molar refractivity (Wildman–Crippen MR) is 87.8 cm³/mol. The molecule has 1 aliphatic heterocycles. The summed E-state index contributed by atoms with van der Waals surface area (Å²) in [6.45, 7) is 3.33. The molecule has 2 unspecified atom stereocenters. The van der Waals surface area contributed by atoms with E-state index in [0.717, 1.165) is 44.5 Å². The fraction of sp³-hybridized carbons (Fsp3) is 0.562. The minimum Gasteiger partial charge on any atom is -0.430 e. The van der Waals surface area contributed by atoms with Gasteiger partial charge in [-0.25, -0.2) is 4.79 Å². The van der Waals surface area contributed by atoms with Gasteiger partial charge in [-0.1, -0.05) is 30.3 Å². The van der Waals surface area contributed by atoms with Crippen molar-refractivity contribution in [1.29, 1.82) is 0 Å². The standard InChI is InChI=1S/C16H24ClN3O2/c17-16(21)22-15(13-6-2-1-3-7-13)20-11-4-8-14(12-20)19-10-5-9-18/h1-3,6-7,14-15,19H,4-5,8-12,18H2. The topological polar surface area (TPSA) is 67.6 Å². The van der Waals surface area contributed by atoms with Gasteiger partial charge in [-0.05, 0) is 32.4 Å². The summed E-state index contributed by atoms with van der Waals surface area (Å²) in [6.07, 6.45) is 2.72. The van der Waals surface area contributed by atoms with Gasteiger partial charge in [0.1, 0.15) is 0 Å². The Morgan fingerprint density at radius 2 is 2.23 bits per heavy atom. The van der Waals surface area contributed by atoms with Crippen LogP contribution in [0.5, 0.6) is 0 Å². The van der Waals surface area contributed by atoms with Crippen LogP contribution in [0.1, 0.15) is 31.1 Å². The lowest BCUT2D eigenvalue weighted by Gasteiger charge is -2.37. The number of piperidine rings is 1. The van der Waals surface area contributed by atoms with Gasteiger partial charge in [-0.15, -0.1) is 0 Å². The molecule has 2 rings (SSSR count). The first kappa shape index (κ1) is 17.2. The molecule has 0 radical (unpaired) electrons. The first-order valence-electron chi connectivity index (χ1n) is 7.79. The van der Waals surface area contributed by atoms with Crippen molar-refractivity contribution in [2.24, 2.45) is 5.73 Å². The minimum absolute atomic E-state index is 0.389. The van der Waals surface area contributed by atoms with Crippen molar-refractivity contribution in [2.45, 2.75) is 31.5 Å². The molecule has 0 bridgehead atoms. The summed E-state index contributed by atoms with van der Waals surface area (Å²) >= 11 is 5.46. The molecule has 122 valence electrons. The van der Waals surface area contributed by atoms with Crippen LogP contribution >= 0.6 is 11.6 Å². The monoisotopic (exact) mass is 325 g/mol. The molecule has 0 amide bonds. The second-order valence-corrected chi connectivity index (χ2v) is 5.86. The third-order valence-electron chi connectivity index (χ3n) is 3.89. The van der Waals surface area contributed by atoms with Crippen LogP contribution in [-0.4, -0.2) is 42.5 Å². The number of carbonyl (C=O) groups excluding carboxylic acids is 1. The van der Waals surface area contributed by atoms with E-state index in [1.54, 1.807) is 0 Å². The maximum absolute atomic E-state index is 11.2. The van der Waals surface area contributed by atoms with Crippen LogP contribution in [0.3, 0.4) is 0 Å². The van der Waals surface area contributed by atoms with Crippen LogP contribution < -0.4 is 11.1 Å². The van der Waals surface area contributed by atoms with E-state index in [9.17, 15) is 4.79 Å². The summed E-state index contributed by atoms with van der Waals surface area (Å²) in [7, 11) is 0. The zero-order chi connectivity index (χ0) is 15.8. The Kier molecular flexibility index (Phi) is 7.12. The summed E-state index contributed by atoms with van der Waals surface area (Å²) < 4.78 is 5.35. The SMILES string of the molecule is NCCCNC1CCCN(C(OC(=O)Cl)c2ccccc2)C1. The van der Waals surface area contributed by atoms with Crippen LogP contribution in [0.2, 0.25) is 0 Å². The van der Waals surface area contributed by atoms with E-state index in [1.165, 1.54) is 0 Å². The molecular formula is C16H24ClN3O2. The molecular weight excluding hydrogens is 302 g/mol. The van der Waals surface area contributed by atoms with Gasteiger partial charge in [0.15, 0.2) is 6.23 Å². The van der Waals surface area contributed by atoms with Gasteiger partial charge in [0.05, 0.1) is 0 Å². The van der Waals surface area contributed by atoms with Crippen molar-refractivity contribution in [3.63, 3.8) is 0 Å². The van der Waals surface area contributed by atoms with Gasteiger partial charge in [0.2, 0.25) is 0 Å². The van der Waals surface area contributed by atoms with Gasteiger partial charge in [0, 0.05) is 36.3 Å². The maximum Gasteiger partial charge on any atom is 0.405 e. The average Bonchev–Trinajstić information content (AvgIpc) is 2.54. The number of likely N-dealkylation sites (tertiary alicyclic amines) is 1. The number of halogens is 1. The van der Waals surface area contributed by atoms with Gasteiger partial charge in [0.25, 0.3) is 0 Å². The molecule has 1 aromatic carbocycles. The number of benzene rings is 1. The lowest BCUT2D eigenvalue weighted by Crippen LogP contribution is -2.48. The van der Waals surface area contributed by atoms with E-state index in [0.29, 0.717) is 12.6 Å². The molecule has 1 aromatic rings. The third-order valence-corrected chi connectivity index (χ3v) is 3.98. The first-order chi connectivity index (χ1) is 10.7. The second-order valence-electron chi connectivity index (χ2n) is 5.55.